The lowest BCUT2D eigenvalue weighted by Crippen LogP contribution is -2.31. The van der Waals surface area contributed by atoms with Crippen molar-refractivity contribution in [3.05, 3.63) is 35.8 Å². The second-order valence-electron chi connectivity index (χ2n) is 5.55. The van der Waals surface area contributed by atoms with Crippen LogP contribution in [0.4, 0.5) is 0 Å². The van der Waals surface area contributed by atoms with Crippen molar-refractivity contribution >= 4 is 11.8 Å². The molecule has 4 heteroatoms. The Kier molecular flexibility index (Phi) is 2.81. The zero-order chi connectivity index (χ0) is 13.6. The minimum Gasteiger partial charge on any atom is -0.467 e. The number of carbonyl (C=O) groups excluding carboxylic acids is 2. The first kappa shape index (κ1) is 12.2. The fraction of sp³-hybridized carbons (Fsp3) is 0.467. The molecule has 3 rings (SSSR count). The molecule has 3 atom stereocenters. The fourth-order valence-electron chi connectivity index (χ4n) is 3.30. The Balaban J connectivity index is 1.86. The zero-order valence-corrected chi connectivity index (χ0v) is 11.1. The Morgan fingerprint density at radius 3 is 2.84 bits per heavy atom. The number of furan rings is 1. The highest BCUT2D eigenvalue weighted by Crippen LogP contribution is 2.41. The van der Waals surface area contributed by atoms with Crippen LogP contribution in [0.5, 0.6) is 0 Å². The standard InChI is InChI=1S/C15H17NO3/c1-9-6-10(2)13-12(7-9)14(17)16(15(13)18)8-11-4-3-5-19-11/h3-6,10,12-13H,7-8H2,1-2H3/t10-,12-,13+/m0/s1. The maximum atomic E-state index is 12.4. The van der Waals surface area contributed by atoms with Gasteiger partial charge in [0.1, 0.15) is 5.76 Å². The predicted octanol–water partition coefficient (Wildman–Crippen LogP) is 2.37. The third-order valence-electron chi connectivity index (χ3n) is 4.12. The number of likely N-dealkylation sites (tertiary alicyclic amines) is 1. The van der Waals surface area contributed by atoms with Gasteiger partial charge < -0.3 is 4.42 Å². The van der Waals surface area contributed by atoms with E-state index in [1.807, 2.05) is 13.8 Å². The van der Waals surface area contributed by atoms with Crippen LogP contribution in [0, 0.1) is 17.8 Å². The van der Waals surface area contributed by atoms with Gasteiger partial charge >= 0.3 is 0 Å². The van der Waals surface area contributed by atoms with Crippen LogP contribution in [0.2, 0.25) is 0 Å². The SMILES string of the molecule is CC1=C[C@H](C)[C@H]2C(=O)N(Cc3ccco3)C(=O)[C@H]2C1. The zero-order valence-electron chi connectivity index (χ0n) is 11.1. The van der Waals surface area contributed by atoms with Gasteiger partial charge in [0.25, 0.3) is 0 Å². The van der Waals surface area contributed by atoms with Crippen molar-refractivity contribution in [2.45, 2.75) is 26.8 Å². The number of carbonyl (C=O) groups is 2. The molecule has 2 amide bonds. The van der Waals surface area contributed by atoms with E-state index in [9.17, 15) is 9.59 Å². The van der Waals surface area contributed by atoms with Gasteiger partial charge in [-0.25, -0.2) is 0 Å². The summed E-state index contributed by atoms with van der Waals surface area (Å²) in [6, 6.07) is 3.55. The van der Waals surface area contributed by atoms with E-state index < -0.39 is 0 Å². The molecule has 1 aromatic rings. The summed E-state index contributed by atoms with van der Waals surface area (Å²) in [6.07, 6.45) is 4.37. The molecule has 1 saturated heterocycles. The van der Waals surface area contributed by atoms with Crippen molar-refractivity contribution in [2.75, 3.05) is 0 Å². The molecule has 0 bridgehead atoms. The van der Waals surface area contributed by atoms with Crippen LogP contribution >= 0.6 is 0 Å². The van der Waals surface area contributed by atoms with Crippen LogP contribution in [0.3, 0.4) is 0 Å². The number of allylic oxidation sites excluding steroid dienone is 2. The van der Waals surface area contributed by atoms with Crippen LogP contribution in [0.1, 0.15) is 26.0 Å². The van der Waals surface area contributed by atoms with Gasteiger partial charge in [0, 0.05) is 0 Å². The molecule has 0 unspecified atom stereocenters. The Morgan fingerprint density at radius 1 is 1.37 bits per heavy atom. The lowest BCUT2D eigenvalue weighted by Gasteiger charge is -2.25. The fourth-order valence-corrected chi connectivity index (χ4v) is 3.30. The maximum Gasteiger partial charge on any atom is 0.234 e. The predicted molar refractivity (Wildman–Crippen MR) is 68.8 cm³/mol. The van der Waals surface area contributed by atoms with E-state index in [0.29, 0.717) is 12.2 Å². The number of imide groups is 1. The van der Waals surface area contributed by atoms with Crippen molar-refractivity contribution in [3.63, 3.8) is 0 Å². The highest BCUT2D eigenvalue weighted by molar-refractivity contribution is 6.05. The largest absolute Gasteiger partial charge is 0.467 e. The number of amides is 2. The van der Waals surface area contributed by atoms with Crippen molar-refractivity contribution in [3.8, 4) is 0 Å². The van der Waals surface area contributed by atoms with Crippen LogP contribution < -0.4 is 0 Å². The lowest BCUT2D eigenvalue weighted by molar-refractivity contribution is -0.141. The number of nitrogens with zero attached hydrogens (tertiary/aromatic N) is 1. The van der Waals surface area contributed by atoms with Gasteiger partial charge in [0.05, 0.1) is 24.6 Å². The molecule has 1 aliphatic carbocycles. The monoisotopic (exact) mass is 259 g/mol. The minimum atomic E-state index is -0.189. The van der Waals surface area contributed by atoms with Crippen molar-refractivity contribution in [1.29, 1.82) is 0 Å². The lowest BCUT2D eigenvalue weighted by atomic mass is 9.76. The molecule has 100 valence electrons. The number of rotatable bonds is 2. The molecule has 0 N–H and O–H groups in total. The Morgan fingerprint density at radius 2 is 2.16 bits per heavy atom. The molecule has 0 radical (unpaired) electrons. The van der Waals surface area contributed by atoms with Crippen molar-refractivity contribution in [2.24, 2.45) is 17.8 Å². The summed E-state index contributed by atoms with van der Waals surface area (Å²) < 4.78 is 5.23. The van der Waals surface area contributed by atoms with E-state index >= 15 is 0 Å². The second kappa shape index (κ2) is 4.37. The van der Waals surface area contributed by atoms with Gasteiger partial charge in [-0.15, -0.1) is 0 Å². The number of hydrogen-bond donors (Lipinski definition) is 0. The third-order valence-corrected chi connectivity index (χ3v) is 4.12. The molecule has 0 spiro atoms. The molecular weight excluding hydrogens is 242 g/mol. The summed E-state index contributed by atoms with van der Waals surface area (Å²) in [4.78, 5) is 26.2. The first-order valence-corrected chi connectivity index (χ1v) is 6.63. The summed E-state index contributed by atoms with van der Waals surface area (Å²) in [7, 11) is 0. The quantitative estimate of drug-likeness (QED) is 0.605. The second-order valence-corrected chi connectivity index (χ2v) is 5.55. The van der Waals surface area contributed by atoms with Crippen LogP contribution in [0.25, 0.3) is 0 Å². The van der Waals surface area contributed by atoms with Gasteiger partial charge in [-0.1, -0.05) is 18.6 Å². The smallest absolute Gasteiger partial charge is 0.234 e. The van der Waals surface area contributed by atoms with Crippen LogP contribution in [-0.2, 0) is 16.1 Å². The number of fused-ring (bicyclic) bond motifs is 1. The average molecular weight is 259 g/mol. The molecule has 4 nitrogen and oxygen atoms in total. The van der Waals surface area contributed by atoms with Crippen LogP contribution in [0.15, 0.2) is 34.5 Å². The molecule has 1 aromatic heterocycles. The third kappa shape index (κ3) is 1.91. The molecule has 2 aliphatic rings. The summed E-state index contributed by atoms with van der Waals surface area (Å²) in [5.74, 6) is 0.316. The average Bonchev–Trinajstić information content (AvgIpc) is 2.93. The summed E-state index contributed by atoms with van der Waals surface area (Å²) in [5.41, 5.74) is 1.20. The van der Waals surface area contributed by atoms with Gasteiger partial charge in [0.2, 0.25) is 11.8 Å². The Labute approximate surface area is 112 Å². The molecule has 0 aromatic carbocycles. The van der Waals surface area contributed by atoms with E-state index in [4.69, 9.17) is 4.42 Å². The first-order valence-electron chi connectivity index (χ1n) is 6.63. The molecule has 2 heterocycles. The van der Waals surface area contributed by atoms with Gasteiger partial charge in [-0.05, 0) is 31.4 Å². The summed E-state index contributed by atoms with van der Waals surface area (Å²) in [6.45, 7) is 4.30. The normalized spacial score (nSPS) is 30.5. The van der Waals surface area contributed by atoms with Gasteiger partial charge in [-0.2, -0.15) is 0 Å². The molecule has 0 saturated carbocycles. The van der Waals surface area contributed by atoms with E-state index in [0.717, 1.165) is 0 Å². The minimum absolute atomic E-state index is 0.0503. The van der Waals surface area contributed by atoms with Gasteiger partial charge in [0.15, 0.2) is 0 Å². The first-order chi connectivity index (χ1) is 9.08. The van der Waals surface area contributed by atoms with E-state index in [2.05, 4.69) is 6.08 Å². The van der Waals surface area contributed by atoms with Gasteiger partial charge in [-0.3, -0.25) is 14.5 Å². The van der Waals surface area contributed by atoms with Crippen LogP contribution in [-0.4, -0.2) is 16.7 Å². The molecule has 1 aliphatic heterocycles. The summed E-state index contributed by atoms with van der Waals surface area (Å²) in [5, 5.41) is 0. The van der Waals surface area contributed by atoms with E-state index in [1.165, 1.54) is 10.5 Å². The maximum absolute atomic E-state index is 12.4. The van der Waals surface area contributed by atoms with Crippen molar-refractivity contribution < 1.29 is 14.0 Å². The molecule has 1 fully saturated rings. The summed E-state index contributed by atoms with van der Waals surface area (Å²) >= 11 is 0. The van der Waals surface area contributed by atoms with Crippen molar-refractivity contribution in [1.82, 2.24) is 4.90 Å². The highest BCUT2D eigenvalue weighted by atomic mass is 16.3. The highest BCUT2D eigenvalue weighted by Gasteiger charge is 2.50. The topological polar surface area (TPSA) is 50.5 Å². The van der Waals surface area contributed by atoms with E-state index in [1.54, 1.807) is 18.4 Å². The number of hydrogen-bond acceptors (Lipinski definition) is 3. The Bertz CT molecular complexity index is 544. The van der Waals surface area contributed by atoms with E-state index in [-0.39, 0.29) is 36.1 Å². The Hall–Kier alpha value is -1.84. The molecular formula is C15H17NO3. The molecule has 19 heavy (non-hydrogen) atoms.